The molecule has 0 aromatic rings. The number of rotatable bonds is 5. The van der Waals surface area contributed by atoms with E-state index in [1.54, 1.807) is 6.92 Å². The number of nitrogens with zero attached hydrogens (tertiary/aromatic N) is 1. The van der Waals surface area contributed by atoms with Gasteiger partial charge in [-0.1, -0.05) is 0 Å². The number of hydrogen-bond acceptors (Lipinski definition) is 3. The molecule has 1 saturated heterocycles. The number of nitrogens with one attached hydrogen (secondary N) is 1. The maximum Gasteiger partial charge on any atom is 0.224 e. The molecule has 1 aliphatic rings. The van der Waals surface area contributed by atoms with Crippen LogP contribution >= 0.6 is 0 Å². The molecule has 0 saturated carbocycles. The summed E-state index contributed by atoms with van der Waals surface area (Å²) in [5, 5.41) is 2.72. The van der Waals surface area contributed by atoms with Crippen LogP contribution in [-0.2, 0) is 9.59 Å². The zero-order valence-corrected chi connectivity index (χ0v) is 10.6. The first-order chi connectivity index (χ1) is 8.09. The molecule has 17 heavy (non-hydrogen) atoms. The molecule has 1 atom stereocenters. The second-order valence-electron chi connectivity index (χ2n) is 4.72. The lowest BCUT2D eigenvalue weighted by Gasteiger charge is -2.26. The van der Waals surface area contributed by atoms with Crippen LogP contribution in [0.3, 0.4) is 0 Å². The van der Waals surface area contributed by atoms with Crippen LogP contribution in [0.5, 0.6) is 0 Å². The maximum atomic E-state index is 11.8. The SMILES string of the molecule is CC(N)CC(=O)NCCC(=O)N1CCCCC1. The molecule has 0 aromatic heterocycles. The van der Waals surface area contributed by atoms with E-state index in [2.05, 4.69) is 5.32 Å². The largest absolute Gasteiger partial charge is 0.356 e. The van der Waals surface area contributed by atoms with E-state index in [-0.39, 0.29) is 17.9 Å². The van der Waals surface area contributed by atoms with Gasteiger partial charge in [0.1, 0.15) is 0 Å². The van der Waals surface area contributed by atoms with Crippen LogP contribution in [-0.4, -0.2) is 42.4 Å². The van der Waals surface area contributed by atoms with Gasteiger partial charge in [0.15, 0.2) is 0 Å². The zero-order chi connectivity index (χ0) is 12.7. The van der Waals surface area contributed by atoms with Gasteiger partial charge >= 0.3 is 0 Å². The summed E-state index contributed by atoms with van der Waals surface area (Å²) in [5.41, 5.74) is 5.51. The summed E-state index contributed by atoms with van der Waals surface area (Å²) >= 11 is 0. The molecule has 0 spiro atoms. The Balaban J connectivity index is 2.13. The van der Waals surface area contributed by atoms with Crippen LogP contribution in [0.4, 0.5) is 0 Å². The van der Waals surface area contributed by atoms with Crippen molar-refractivity contribution in [1.82, 2.24) is 10.2 Å². The van der Waals surface area contributed by atoms with E-state index in [9.17, 15) is 9.59 Å². The van der Waals surface area contributed by atoms with Crippen molar-refractivity contribution in [3.8, 4) is 0 Å². The molecule has 98 valence electrons. The summed E-state index contributed by atoms with van der Waals surface area (Å²) in [6.07, 6.45) is 4.13. The molecule has 1 rings (SSSR count). The Kier molecular flexibility index (Phi) is 5.97. The lowest BCUT2D eigenvalue weighted by molar-refractivity contribution is -0.132. The van der Waals surface area contributed by atoms with Crippen molar-refractivity contribution in [3.63, 3.8) is 0 Å². The van der Waals surface area contributed by atoms with Crippen LogP contribution in [0.25, 0.3) is 0 Å². The third-order valence-corrected chi connectivity index (χ3v) is 2.88. The van der Waals surface area contributed by atoms with Crippen LogP contribution in [0.15, 0.2) is 0 Å². The van der Waals surface area contributed by atoms with Gasteiger partial charge in [0, 0.05) is 38.5 Å². The van der Waals surface area contributed by atoms with Gasteiger partial charge in [0.2, 0.25) is 11.8 Å². The highest BCUT2D eigenvalue weighted by molar-refractivity contribution is 5.79. The fraction of sp³-hybridized carbons (Fsp3) is 0.833. The summed E-state index contributed by atoms with van der Waals surface area (Å²) in [6, 6.07) is -0.132. The first-order valence-electron chi connectivity index (χ1n) is 6.39. The molecule has 5 nitrogen and oxygen atoms in total. The van der Waals surface area contributed by atoms with Crippen molar-refractivity contribution in [3.05, 3.63) is 0 Å². The van der Waals surface area contributed by atoms with Crippen LogP contribution in [0.1, 0.15) is 39.0 Å². The highest BCUT2D eigenvalue weighted by Crippen LogP contribution is 2.09. The third-order valence-electron chi connectivity index (χ3n) is 2.88. The van der Waals surface area contributed by atoms with Gasteiger partial charge in [-0.05, 0) is 26.2 Å². The average molecular weight is 241 g/mol. The van der Waals surface area contributed by atoms with Gasteiger partial charge in [-0.2, -0.15) is 0 Å². The second kappa shape index (κ2) is 7.27. The van der Waals surface area contributed by atoms with E-state index in [0.717, 1.165) is 25.9 Å². The first-order valence-corrected chi connectivity index (χ1v) is 6.39. The van der Waals surface area contributed by atoms with E-state index in [1.807, 2.05) is 4.90 Å². The van der Waals surface area contributed by atoms with Gasteiger partial charge in [-0.15, -0.1) is 0 Å². The molecule has 0 aliphatic carbocycles. The highest BCUT2D eigenvalue weighted by atomic mass is 16.2. The van der Waals surface area contributed by atoms with Crippen molar-refractivity contribution in [2.75, 3.05) is 19.6 Å². The minimum atomic E-state index is -0.132. The molecule has 5 heteroatoms. The van der Waals surface area contributed by atoms with Gasteiger partial charge in [-0.3, -0.25) is 9.59 Å². The zero-order valence-electron chi connectivity index (χ0n) is 10.6. The van der Waals surface area contributed by atoms with Gasteiger partial charge in [0.05, 0.1) is 0 Å². The molecule has 0 bridgehead atoms. The highest BCUT2D eigenvalue weighted by Gasteiger charge is 2.16. The summed E-state index contributed by atoms with van der Waals surface area (Å²) in [5.74, 6) is 0.0669. The quantitative estimate of drug-likeness (QED) is 0.724. The number of hydrogen-bond donors (Lipinski definition) is 2. The molecule has 1 heterocycles. The molecule has 1 aliphatic heterocycles. The first kappa shape index (κ1) is 14.0. The minimum Gasteiger partial charge on any atom is -0.356 e. The number of carbonyl (C=O) groups excluding carboxylic acids is 2. The summed E-state index contributed by atoms with van der Waals surface area (Å²) in [6.45, 7) is 3.94. The average Bonchev–Trinajstić information content (AvgIpc) is 2.29. The Labute approximate surface area is 103 Å². The smallest absolute Gasteiger partial charge is 0.224 e. The maximum absolute atomic E-state index is 11.8. The van der Waals surface area contributed by atoms with Gasteiger partial charge in [-0.25, -0.2) is 0 Å². The molecule has 3 N–H and O–H groups in total. The number of likely N-dealkylation sites (tertiary alicyclic amines) is 1. The molecule has 1 fully saturated rings. The summed E-state index contributed by atoms with van der Waals surface area (Å²) in [7, 11) is 0. The molecular weight excluding hydrogens is 218 g/mol. The minimum absolute atomic E-state index is 0.0774. The van der Waals surface area contributed by atoms with Gasteiger partial charge < -0.3 is 16.0 Å². The van der Waals surface area contributed by atoms with Crippen molar-refractivity contribution in [2.24, 2.45) is 5.73 Å². The normalized spacial score (nSPS) is 17.6. The lowest BCUT2D eigenvalue weighted by Crippen LogP contribution is -2.38. The molecular formula is C12H23N3O2. The van der Waals surface area contributed by atoms with Crippen molar-refractivity contribution in [2.45, 2.75) is 45.1 Å². The number of nitrogens with two attached hydrogens (primary N) is 1. The molecule has 1 unspecified atom stereocenters. The Hall–Kier alpha value is -1.10. The number of piperidine rings is 1. The fourth-order valence-electron chi connectivity index (χ4n) is 1.97. The summed E-state index contributed by atoms with van der Waals surface area (Å²) in [4.78, 5) is 24.9. The third kappa shape index (κ3) is 5.68. The molecule has 0 aromatic carbocycles. The second-order valence-corrected chi connectivity index (χ2v) is 4.72. The fourth-order valence-corrected chi connectivity index (χ4v) is 1.97. The van der Waals surface area contributed by atoms with E-state index in [0.29, 0.717) is 19.4 Å². The van der Waals surface area contributed by atoms with Crippen molar-refractivity contribution >= 4 is 11.8 Å². The van der Waals surface area contributed by atoms with E-state index >= 15 is 0 Å². The predicted octanol–water partition coefficient (Wildman–Crippen LogP) is 0.242. The Morgan fingerprint density at radius 3 is 2.53 bits per heavy atom. The number of amides is 2. The van der Waals surface area contributed by atoms with Crippen LogP contribution in [0.2, 0.25) is 0 Å². The summed E-state index contributed by atoms with van der Waals surface area (Å²) < 4.78 is 0. The number of carbonyl (C=O) groups is 2. The van der Waals surface area contributed by atoms with E-state index in [4.69, 9.17) is 5.73 Å². The topological polar surface area (TPSA) is 75.4 Å². The molecule has 0 radical (unpaired) electrons. The van der Waals surface area contributed by atoms with Gasteiger partial charge in [0.25, 0.3) is 0 Å². The van der Waals surface area contributed by atoms with Crippen LogP contribution in [0, 0.1) is 0 Å². The Morgan fingerprint density at radius 1 is 1.29 bits per heavy atom. The Bertz CT molecular complexity index is 260. The molecule has 2 amide bonds. The van der Waals surface area contributed by atoms with Crippen LogP contribution < -0.4 is 11.1 Å². The Morgan fingerprint density at radius 2 is 1.94 bits per heavy atom. The monoisotopic (exact) mass is 241 g/mol. The lowest BCUT2D eigenvalue weighted by atomic mass is 10.1. The van der Waals surface area contributed by atoms with E-state index < -0.39 is 0 Å². The van der Waals surface area contributed by atoms with Crippen molar-refractivity contribution in [1.29, 1.82) is 0 Å². The van der Waals surface area contributed by atoms with E-state index in [1.165, 1.54) is 6.42 Å². The predicted molar refractivity (Wildman–Crippen MR) is 66.3 cm³/mol. The van der Waals surface area contributed by atoms with Crippen molar-refractivity contribution < 1.29 is 9.59 Å². The standard InChI is InChI=1S/C12H23N3O2/c1-10(13)9-11(16)14-6-5-12(17)15-7-3-2-4-8-15/h10H,2-9,13H2,1H3,(H,14,16).